The van der Waals surface area contributed by atoms with Crippen LogP contribution < -0.4 is 5.32 Å². The number of aromatic nitrogens is 1. The molecule has 1 aromatic heterocycles. The first-order chi connectivity index (χ1) is 10.1. The highest BCUT2D eigenvalue weighted by atomic mass is 32.1. The van der Waals surface area contributed by atoms with Crippen LogP contribution in [0.5, 0.6) is 0 Å². The Morgan fingerprint density at radius 3 is 2.52 bits per heavy atom. The third-order valence-corrected chi connectivity index (χ3v) is 4.29. The third kappa shape index (κ3) is 4.92. The van der Waals surface area contributed by atoms with Gasteiger partial charge in [-0.3, -0.25) is 0 Å². The van der Waals surface area contributed by atoms with Crippen LogP contribution in [0.4, 0.5) is 0 Å². The van der Waals surface area contributed by atoms with E-state index in [1.54, 1.807) is 18.3 Å². The summed E-state index contributed by atoms with van der Waals surface area (Å²) in [5.41, 5.74) is 3.59. The molecule has 114 valence electrons. The number of hydrogen-bond donors (Lipinski definition) is 2. The molecule has 3 nitrogen and oxygen atoms in total. The largest absolute Gasteiger partial charge is 0.392 e. The molecule has 0 saturated carbocycles. The van der Waals surface area contributed by atoms with E-state index < -0.39 is 0 Å². The van der Waals surface area contributed by atoms with Crippen molar-refractivity contribution < 1.29 is 5.11 Å². The Bertz CT molecular complexity index is 546. The summed E-state index contributed by atoms with van der Waals surface area (Å²) in [6.07, 6.45) is 0.609. The zero-order valence-electron chi connectivity index (χ0n) is 13.0. The summed E-state index contributed by atoms with van der Waals surface area (Å²) in [6, 6.07) is 8.67. The summed E-state index contributed by atoms with van der Waals surface area (Å²) in [5, 5.41) is 15.7. The van der Waals surface area contributed by atoms with Crippen LogP contribution in [-0.2, 0) is 6.42 Å². The minimum absolute atomic E-state index is 0.295. The van der Waals surface area contributed by atoms with Gasteiger partial charge in [-0.1, -0.05) is 38.1 Å². The quantitative estimate of drug-likeness (QED) is 0.770. The summed E-state index contributed by atoms with van der Waals surface area (Å²) >= 11 is 1.70. The maximum Gasteiger partial charge on any atom is 0.0945 e. The Labute approximate surface area is 131 Å². The van der Waals surface area contributed by atoms with Crippen molar-refractivity contribution in [3.63, 3.8) is 0 Å². The first kappa shape index (κ1) is 16.1. The molecule has 1 unspecified atom stereocenters. The van der Waals surface area contributed by atoms with E-state index in [1.165, 1.54) is 11.1 Å². The molecule has 1 atom stereocenters. The highest BCUT2D eigenvalue weighted by Gasteiger charge is 2.06. The number of aliphatic hydroxyl groups excluding tert-OH is 1. The average Bonchev–Trinajstić information content (AvgIpc) is 2.92. The Kier molecular flexibility index (Phi) is 5.91. The summed E-state index contributed by atoms with van der Waals surface area (Å²) in [6.45, 7) is 7.68. The van der Waals surface area contributed by atoms with Crippen molar-refractivity contribution in [1.82, 2.24) is 10.3 Å². The van der Waals surface area contributed by atoms with Gasteiger partial charge in [0, 0.05) is 30.5 Å². The third-order valence-electron chi connectivity index (χ3n) is 3.38. The standard InChI is InChI=1S/C17H24N2OS/c1-12(2)14-4-6-15(7-5-14)16-11-21-17(19-16)8-9-18-10-13(3)20/h4-7,11-13,18,20H,8-10H2,1-3H3. The van der Waals surface area contributed by atoms with Crippen LogP contribution in [0.2, 0.25) is 0 Å². The molecule has 0 aliphatic carbocycles. The summed E-state index contributed by atoms with van der Waals surface area (Å²) in [4.78, 5) is 4.69. The van der Waals surface area contributed by atoms with Crippen molar-refractivity contribution in [2.24, 2.45) is 0 Å². The highest BCUT2D eigenvalue weighted by molar-refractivity contribution is 7.09. The molecule has 0 radical (unpaired) electrons. The molecule has 1 heterocycles. The van der Waals surface area contributed by atoms with Crippen LogP contribution >= 0.6 is 11.3 Å². The predicted octanol–water partition coefficient (Wildman–Crippen LogP) is 3.45. The molecule has 2 rings (SSSR count). The van der Waals surface area contributed by atoms with Gasteiger partial charge in [0.05, 0.1) is 16.8 Å². The van der Waals surface area contributed by atoms with Crippen molar-refractivity contribution in [3.8, 4) is 11.3 Å². The van der Waals surface area contributed by atoms with Crippen molar-refractivity contribution >= 4 is 11.3 Å². The van der Waals surface area contributed by atoms with Crippen molar-refractivity contribution in [3.05, 3.63) is 40.2 Å². The van der Waals surface area contributed by atoms with Gasteiger partial charge in [0.25, 0.3) is 0 Å². The van der Waals surface area contributed by atoms with E-state index in [1.807, 2.05) is 0 Å². The molecule has 0 aliphatic rings. The monoisotopic (exact) mass is 304 g/mol. The van der Waals surface area contributed by atoms with Crippen LogP contribution in [-0.4, -0.2) is 29.3 Å². The van der Waals surface area contributed by atoms with E-state index in [2.05, 4.69) is 53.8 Å². The number of rotatable bonds is 7. The van der Waals surface area contributed by atoms with Crippen LogP contribution in [0.1, 0.15) is 37.3 Å². The Balaban J connectivity index is 1.93. The Hall–Kier alpha value is -1.23. The van der Waals surface area contributed by atoms with Crippen LogP contribution in [0, 0.1) is 0 Å². The lowest BCUT2D eigenvalue weighted by molar-refractivity contribution is 0.191. The van der Waals surface area contributed by atoms with Crippen molar-refractivity contribution in [1.29, 1.82) is 0 Å². The SMILES string of the molecule is CC(O)CNCCc1nc(-c2ccc(C(C)C)cc2)cs1. The topological polar surface area (TPSA) is 45.1 Å². The maximum absolute atomic E-state index is 9.19. The number of thiazole rings is 1. The van der Waals surface area contributed by atoms with Gasteiger partial charge in [-0.05, 0) is 18.4 Å². The fourth-order valence-corrected chi connectivity index (χ4v) is 2.91. The summed E-state index contributed by atoms with van der Waals surface area (Å²) < 4.78 is 0. The number of nitrogens with zero attached hydrogens (tertiary/aromatic N) is 1. The van der Waals surface area contributed by atoms with Crippen LogP contribution in [0.25, 0.3) is 11.3 Å². The number of benzene rings is 1. The van der Waals surface area contributed by atoms with Gasteiger partial charge in [0.1, 0.15) is 0 Å². The molecule has 2 N–H and O–H groups in total. The Morgan fingerprint density at radius 1 is 1.19 bits per heavy atom. The van der Waals surface area contributed by atoms with E-state index in [-0.39, 0.29) is 6.10 Å². The lowest BCUT2D eigenvalue weighted by atomic mass is 10.0. The first-order valence-electron chi connectivity index (χ1n) is 7.49. The van der Waals surface area contributed by atoms with E-state index in [0.29, 0.717) is 12.5 Å². The van der Waals surface area contributed by atoms with Gasteiger partial charge in [0.2, 0.25) is 0 Å². The molecule has 0 aliphatic heterocycles. The second-order valence-electron chi connectivity index (χ2n) is 5.71. The number of nitrogens with one attached hydrogen (secondary N) is 1. The molecule has 0 spiro atoms. The smallest absolute Gasteiger partial charge is 0.0945 e. The normalized spacial score (nSPS) is 12.8. The average molecular weight is 304 g/mol. The Morgan fingerprint density at radius 2 is 1.90 bits per heavy atom. The van der Waals surface area contributed by atoms with Crippen molar-refractivity contribution in [2.75, 3.05) is 13.1 Å². The van der Waals surface area contributed by atoms with Gasteiger partial charge in [-0.15, -0.1) is 11.3 Å². The molecule has 1 aromatic carbocycles. The molecule has 0 fully saturated rings. The zero-order valence-corrected chi connectivity index (χ0v) is 13.8. The lowest BCUT2D eigenvalue weighted by Gasteiger charge is -2.05. The molecule has 0 saturated heterocycles. The zero-order chi connectivity index (χ0) is 15.2. The number of aliphatic hydroxyl groups is 1. The van der Waals surface area contributed by atoms with E-state index >= 15 is 0 Å². The first-order valence-corrected chi connectivity index (χ1v) is 8.37. The summed E-state index contributed by atoms with van der Waals surface area (Å²) in [5.74, 6) is 0.560. The van der Waals surface area contributed by atoms with E-state index in [0.717, 1.165) is 23.7 Å². The van der Waals surface area contributed by atoms with Gasteiger partial charge in [-0.2, -0.15) is 0 Å². The minimum Gasteiger partial charge on any atom is -0.392 e. The van der Waals surface area contributed by atoms with E-state index in [4.69, 9.17) is 0 Å². The fourth-order valence-electron chi connectivity index (χ4n) is 2.10. The fraction of sp³-hybridized carbons (Fsp3) is 0.471. The second kappa shape index (κ2) is 7.69. The molecule has 2 aromatic rings. The molecule has 4 heteroatoms. The molecule has 0 amide bonds. The van der Waals surface area contributed by atoms with Crippen molar-refractivity contribution in [2.45, 2.75) is 39.2 Å². The molecular weight excluding hydrogens is 280 g/mol. The predicted molar refractivity (Wildman–Crippen MR) is 89.9 cm³/mol. The van der Waals surface area contributed by atoms with Crippen LogP contribution in [0.15, 0.2) is 29.6 Å². The van der Waals surface area contributed by atoms with Gasteiger partial charge >= 0.3 is 0 Å². The minimum atomic E-state index is -0.295. The summed E-state index contributed by atoms with van der Waals surface area (Å²) in [7, 11) is 0. The van der Waals surface area contributed by atoms with Crippen LogP contribution in [0.3, 0.4) is 0 Å². The van der Waals surface area contributed by atoms with Gasteiger partial charge in [0.15, 0.2) is 0 Å². The van der Waals surface area contributed by atoms with Gasteiger partial charge < -0.3 is 10.4 Å². The second-order valence-corrected chi connectivity index (χ2v) is 6.65. The molecule has 0 bridgehead atoms. The highest BCUT2D eigenvalue weighted by Crippen LogP contribution is 2.24. The maximum atomic E-state index is 9.19. The molecular formula is C17H24N2OS. The molecule has 21 heavy (non-hydrogen) atoms. The van der Waals surface area contributed by atoms with Gasteiger partial charge in [-0.25, -0.2) is 4.98 Å². The van der Waals surface area contributed by atoms with E-state index in [9.17, 15) is 5.11 Å². The lowest BCUT2D eigenvalue weighted by Crippen LogP contribution is -2.26. The number of hydrogen-bond acceptors (Lipinski definition) is 4.